The zero-order chi connectivity index (χ0) is 12.8. The molecule has 4 nitrogen and oxygen atoms in total. The first-order valence-electron chi connectivity index (χ1n) is 6.30. The highest BCUT2D eigenvalue weighted by Crippen LogP contribution is 2.13. The maximum Gasteiger partial charge on any atom is 0.241 e. The highest BCUT2D eigenvalue weighted by atomic mass is 16.2. The predicted molar refractivity (Wildman–Crippen MR) is 70.0 cm³/mol. The second kappa shape index (κ2) is 6.18. The summed E-state index contributed by atoms with van der Waals surface area (Å²) in [7, 11) is 0. The number of nitrogens with zero attached hydrogens (tertiary/aromatic N) is 1. The Balaban J connectivity index is 1.92. The summed E-state index contributed by atoms with van der Waals surface area (Å²) in [6, 6.07) is 9.44. The van der Waals surface area contributed by atoms with Crippen molar-refractivity contribution in [3.05, 3.63) is 29.8 Å². The number of rotatable bonds is 3. The number of hydrogen-bond acceptors (Lipinski definition) is 3. The second-order valence-corrected chi connectivity index (χ2v) is 4.52. The molecule has 1 fully saturated rings. The summed E-state index contributed by atoms with van der Waals surface area (Å²) >= 11 is 0. The van der Waals surface area contributed by atoms with Crippen LogP contribution in [0.15, 0.2) is 24.3 Å². The van der Waals surface area contributed by atoms with Gasteiger partial charge in [0.05, 0.1) is 18.5 Å². The molecular weight excluding hydrogens is 226 g/mol. The van der Waals surface area contributed by atoms with E-state index in [1.807, 2.05) is 24.3 Å². The van der Waals surface area contributed by atoms with Crippen LogP contribution in [0, 0.1) is 11.3 Å². The maximum atomic E-state index is 12.0. The van der Waals surface area contributed by atoms with Crippen molar-refractivity contribution in [2.45, 2.75) is 31.7 Å². The van der Waals surface area contributed by atoms with E-state index in [0.717, 1.165) is 37.1 Å². The van der Waals surface area contributed by atoms with Crippen molar-refractivity contribution < 1.29 is 4.79 Å². The van der Waals surface area contributed by atoms with Gasteiger partial charge in [-0.05, 0) is 37.1 Å². The topological polar surface area (TPSA) is 64.9 Å². The summed E-state index contributed by atoms with van der Waals surface area (Å²) in [6.07, 6.45) is 3.55. The molecule has 0 unspecified atom stereocenters. The first-order valence-corrected chi connectivity index (χ1v) is 6.30. The van der Waals surface area contributed by atoms with Crippen LogP contribution in [0.1, 0.15) is 24.8 Å². The van der Waals surface area contributed by atoms with Crippen LogP contribution in [0.2, 0.25) is 0 Å². The van der Waals surface area contributed by atoms with Gasteiger partial charge in [0.15, 0.2) is 0 Å². The van der Waals surface area contributed by atoms with Gasteiger partial charge in [-0.15, -0.1) is 0 Å². The highest BCUT2D eigenvalue weighted by molar-refractivity contribution is 5.94. The molecule has 1 aromatic carbocycles. The monoisotopic (exact) mass is 243 g/mol. The third-order valence-corrected chi connectivity index (χ3v) is 3.13. The summed E-state index contributed by atoms with van der Waals surface area (Å²) in [5.74, 6) is 0.0303. The van der Waals surface area contributed by atoms with Crippen LogP contribution in [-0.4, -0.2) is 18.5 Å². The summed E-state index contributed by atoms with van der Waals surface area (Å²) < 4.78 is 0. The number of piperidine rings is 1. The quantitative estimate of drug-likeness (QED) is 0.851. The van der Waals surface area contributed by atoms with Crippen LogP contribution in [0.3, 0.4) is 0 Å². The van der Waals surface area contributed by atoms with E-state index in [2.05, 4.69) is 16.7 Å². The Morgan fingerprint density at radius 3 is 2.78 bits per heavy atom. The SMILES string of the molecule is N#CCc1ccc(NC(=O)[C@H]2CCCCN2)cc1. The number of hydrogen-bond donors (Lipinski definition) is 2. The highest BCUT2D eigenvalue weighted by Gasteiger charge is 2.20. The van der Waals surface area contributed by atoms with E-state index in [1.54, 1.807) is 0 Å². The first kappa shape index (κ1) is 12.6. The van der Waals surface area contributed by atoms with Gasteiger partial charge in [-0.2, -0.15) is 5.26 Å². The van der Waals surface area contributed by atoms with Crippen LogP contribution in [0.5, 0.6) is 0 Å². The molecule has 2 rings (SSSR count). The van der Waals surface area contributed by atoms with E-state index >= 15 is 0 Å². The minimum absolute atomic E-state index is 0.0303. The van der Waals surface area contributed by atoms with E-state index in [0.29, 0.717) is 6.42 Å². The molecule has 0 saturated carbocycles. The zero-order valence-corrected chi connectivity index (χ0v) is 10.3. The fraction of sp³-hybridized carbons (Fsp3) is 0.429. The molecule has 1 aliphatic heterocycles. The van der Waals surface area contributed by atoms with E-state index in [1.165, 1.54) is 0 Å². The molecule has 1 atom stereocenters. The van der Waals surface area contributed by atoms with Gasteiger partial charge in [0.25, 0.3) is 0 Å². The third-order valence-electron chi connectivity index (χ3n) is 3.13. The Morgan fingerprint density at radius 2 is 2.17 bits per heavy atom. The molecule has 94 valence electrons. The molecule has 1 aromatic rings. The average Bonchev–Trinajstić information content (AvgIpc) is 2.42. The van der Waals surface area contributed by atoms with E-state index in [9.17, 15) is 4.79 Å². The average molecular weight is 243 g/mol. The lowest BCUT2D eigenvalue weighted by Gasteiger charge is -2.22. The molecule has 4 heteroatoms. The van der Waals surface area contributed by atoms with Crippen molar-refractivity contribution in [1.29, 1.82) is 5.26 Å². The first-order chi connectivity index (χ1) is 8.79. The number of benzene rings is 1. The van der Waals surface area contributed by atoms with E-state index < -0.39 is 0 Å². The van der Waals surface area contributed by atoms with Crippen LogP contribution >= 0.6 is 0 Å². The number of anilines is 1. The van der Waals surface area contributed by atoms with Crippen molar-refractivity contribution in [3.63, 3.8) is 0 Å². The van der Waals surface area contributed by atoms with Crippen molar-refractivity contribution >= 4 is 11.6 Å². The van der Waals surface area contributed by atoms with Gasteiger partial charge in [0.1, 0.15) is 0 Å². The van der Waals surface area contributed by atoms with Crippen LogP contribution in [-0.2, 0) is 11.2 Å². The Bertz CT molecular complexity index is 441. The standard InChI is InChI=1S/C14H17N3O/c15-9-8-11-4-6-12(7-5-11)17-14(18)13-3-1-2-10-16-13/h4-7,13,16H,1-3,8,10H2,(H,17,18)/t13-/m1/s1. The molecule has 1 aliphatic rings. The van der Waals surface area contributed by atoms with Gasteiger partial charge in [0.2, 0.25) is 5.91 Å². The predicted octanol–water partition coefficient (Wildman–Crippen LogP) is 1.83. The number of carbonyl (C=O) groups excluding carboxylic acids is 1. The van der Waals surface area contributed by atoms with Crippen molar-refractivity contribution in [3.8, 4) is 6.07 Å². The van der Waals surface area contributed by atoms with Crippen LogP contribution in [0.4, 0.5) is 5.69 Å². The summed E-state index contributed by atoms with van der Waals surface area (Å²) in [4.78, 5) is 12.0. The Kier molecular flexibility index (Phi) is 4.32. The molecule has 1 heterocycles. The van der Waals surface area contributed by atoms with Gasteiger partial charge < -0.3 is 10.6 Å². The number of nitrogens with one attached hydrogen (secondary N) is 2. The molecule has 2 N–H and O–H groups in total. The van der Waals surface area contributed by atoms with Gasteiger partial charge >= 0.3 is 0 Å². The molecule has 1 saturated heterocycles. The lowest BCUT2D eigenvalue weighted by Crippen LogP contribution is -2.43. The lowest BCUT2D eigenvalue weighted by atomic mass is 10.0. The van der Waals surface area contributed by atoms with Crippen LogP contribution in [0.25, 0.3) is 0 Å². The lowest BCUT2D eigenvalue weighted by molar-refractivity contribution is -0.118. The van der Waals surface area contributed by atoms with Crippen molar-refractivity contribution in [1.82, 2.24) is 5.32 Å². The Morgan fingerprint density at radius 1 is 1.39 bits per heavy atom. The van der Waals surface area contributed by atoms with Crippen LogP contribution < -0.4 is 10.6 Å². The number of amides is 1. The van der Waals surface area contributed by atoms with E-state index in [-0.39, 0.29) is 11.9 Å². The Hall–Kier alpha value is -1.86. The maximum absolute atomic E-state index is 12.0. The Labute approximate surface area is 107 Å². The summed E-state index contributed by atoms with van der Waals surface area (Å²) in [5, 5.41) is 14.7. The smallest absolute Gasteiger partial charge is 0.241 e. The molecular formula is C14H17N3O. The molecule has 0 bridgehead atoms. The third kappa shape index (κ3) is 3.31. The molecule has 0 spiro atoms. The fourth-order valence-electron chi connectivity index (χ4n) is 2.10. The molecule has 18 heavy (non-hydrogen) atoms. The largest absolute Gasteiger partial charge is 0.325 e. The fourth-order valence-corrected chi connectivity index (χ4v) is 2.10. The van der Waals surface area contributed by atoms with Gasteiger partial charge in [0, 0.05) is 5.69 Å². The number of carbonyl (C=O) groups is 1. The van der Waals surface area contributed by atoms with E-state index in [4.69, 9.17) is 5.26 Å². The minimum atomic E-state index is -0.0717. The zero-order valence-electron chi connectivity index (χ0n) is 10.3. The molecule has 0 aliphatic carbocycles. The van der Waals surface area contributed by atoms with Gasteiger partial charge in [-0.1, -0.05) is 18.6 Å². The molecule has 1 amide bonds. The minimum Gasteiger partial charge on any atom is -0.325 e. The second-order valence-electron chi connectivity index (χ2n) is 4.52. The molecule has 0 aromatic heterocycles. The van der Waals surface area contributed by atoms with Crippen molar-refractivity contribution in [2.24, 2.45) is 0 Å². The molecule has 0 radical (unpaired) electrons. The van der Waals surface area contributed by atoms with Gasteiger partial charge in [-0.25, -0.2) is 0 Å². The number of nitriles is 1. The normalized spacial score (nSPS) is 18.9. The summed E-state index contributed by atoms with van der Waals surface area (Å²) in [5.41, 5.74) is 1.75. The summed E-state index contributed by atoms with van der Waals surface area (Å²) in [6.45, 7) is 0.916. The van der Waals surface area contributed by atoms with Gasteiger partial charge in [-0.3, -0.25) is 4.79 Å². The van der Waals surface area contributed by atoms with Crippen molar-refractivity contribution in [2.75, 3.05) is 11.9 Å².